The van der Waals surface area contributed by atoms with Crippen LogP contribution < -0.4 is 9.47 Å². The fourth-order valence-electron chi connectivity index (χ4n) is 4.78. The van der Waals surface area contributed by atoms with E-state index in [2.05, 4.69) is 41.1 Å². The number of nitrogens with zero attached hydrogens (tertiary/aromatic N) is 1. The molecule has 0 N–H and O–H groups in total. The van der Waals surface area contributed by atoms with Crippen molar-refractivity contribution in [1.29, 1.82) is 0 Å². The van der Waals surface area contributed by atoms with Crippen LogP contribution in [0.15, 0.2) is 72.9 Å². The van der Waals surface area contributed by atoms with Crippen LogP contribution in [-0.2, 0) is 13.0 Å². The van der Waals surface area contributed by atoms with Gasteiger partial charge in [0.15, 0.2) is 0 Å². The summed E-state index contributed by atoms with van der Waals surface area (Å²) < 4.78 is 13.9. The molecule has 164 valence electrons. The third-order valence-electron chi connectivity index (χ3n) is 6.47. The van der Waals surface area contributed by atoms with Crippen LogP contribution in [0.5, 0.6) is 17.2 Å². The second-order valence-corrected chi connectivity index (χ2v) is 9.15. The molecule has 0 spiro atoms. The molecule has 4 aromatic rings. The highest BCUT2D eigenvalue weighted by atomic mass is 35.5. The van der Waals surface area contributed by atoms with Crippen LogP contribution in [0.1, 0.15) is 36.8 Å². The lowest BCUT2D eigenvalue weighted by Gasteiger charge is -2.12. The minimum Gasteiger partial charge on any atom is -0.497 e. The van der Waals surface area contributed by atoms with E-state index in [-0.39, 0.29) is 0 Å². The molecule has 3 nitrogen and oxygen atoms in total. The quantitative estimate of drug-likeness (QED) is 0.289. The summed E-state index contributed by atoms with van der Waals surface area (Å²) in [5.74, 6) is 3.30. The molecule has 4 heteroatoms. The van der Waals surface area contributed by atoms with Crippen molar-refractivity contribution in [2.75, 3.05) is 7.11 Å². The van der Waals surface area contributed by atoms with Crippen molar-refractivity contribution in [3.63, 3.8) is 0 Å². The van der Waals surface area contributed by atoms with Gasteiger partial charge < -0.3 is 14.0 Å². The highest BCUT2D eigenvalue weighted by Crippen LogP contribution is 2.33. The zero-order chi connectivity index (χ0) is 21.9. The Bertz CT molecular complexity index is 1190. The molecule has 0 bridgehead atoms. The van der Waals surface area contributed by atoms with Crippen molar-refractivity contribution in [1.82, 2.24) is 4.57 Å². The van der Waals surface area contributed by atoms with E-state index in [0.717, 1.165) is 36.1 Å². The minimum absolute atomic E-state index is 0.707. The Balaban J connectivity index is 1.48. The maximum atomic E-state index is 6.14. The summed E-state index contributed by atoms with van der Waals surface area (Å²) in [5, 5.41) is 1.96. The van der Waals surface area contributed by atoms with E-state index in [9.17, 15) is 0 Å². The van der Waals surface area contributed by atoms with Crippen LogP contribution >= 0.6 is 11.6 Å². The van der Waals surface area contributed by atoms with E-state index >= 15 is 0 Å². The molecular weight excluding hydrogens is 418 g/mol. The summed E-state index contributed by atoms with van der Waals surface area (Å²) >= 11 is 6.02. The third kappa shape index (κ3) is 4.63. The van der Waals surface area contributed by atoms with E-state index < -0.39 is 0 Å². The lowest BCUT2D eigenvalue weighted by Crippen LogP contribution is -2.06. The Morgan fingerprint density at radius 1 is 0.875 bits per heavy atom. The molecule has 32 heavy (non-hydrogen) atoms. The summed E-state index contributed by atoms with van der Waals surface area (Å²) in [4.78, 5) is 0. The number of fused-ring (bicyclic) bond motifs is 1. The molecule has 1 aromatic heterocycles. The predicted molar refractivity (Wildman–Crippen MR) is 131 cm³/mol. The smallest absolute Gasteiger partial charge is 0.128 e. The Kier molecular flexibility index (Phi) is 6.09. The van der Waals surface area contributed by atoms with Crippen LogP contribution in [0.25, 0.3) is 10.9 Å². The number of methoxy groups -OCH3 is 1. The maximum absolute atomic E-state index is 6.14. The molecule has 0 saturated heterocycles. The van der Waals surface area contributed by atoms with Gasteiger partial charge in [0.2, 0.25) is 0 Å². The van der Waals surface area contributed by atoms with E-state index in [0.29, 0.717) is 5.02 Å². The fraction of sp³-hybridized carbons (Fsp3) is 0.286. The lowest BCUT2D eigenvalue weighted by atomic mass is 10.0. The molecule has 1 saturated carbocycles. The van der Waals surface area contributed by atoms with Gasteiger partial charge in [0, 0.05) is 28.7 Å². The summed E-state index contributed by atoms with van der Waals surface area (Å²) in [6, 6.07) is 22.3. The van der Waals surface area contributed by atoms with Crippen LogP contribution in [0.2, 0.25) is 5.02 Å². The highest BCUT2D eigenvalue weighted by molar-refractivity contribution is 6.30. The van der Waals surface area contributed by atoms with Crippen molar-refractivity contribution in [3.05, 3.63) is 89.1 Å². The van der Waals surface area contributed by atoms with Crippen molar-refractivity contribution in [2.45, 2.75) is 38.6 Å². The second-order valence-electron chi connectivity index (χ2n) is 8.72. The van der Waals surface area contributed by atoms with E-state index in [1.165, 1.54) is 47.7 Å². The lowest BCUT2D eigenvalue weighted by molar-refractivity contribution is 0.414. The molecule has 3 aromatic carbocycles. The normalized spacial score (nSPS) is 14.2. The fourth-order valence-corrected chi connectivity index (χ4v) is 4.90. The number of hydrogen-bond acceptors (Lipinski definition) is 2. The Hall–Kier alpha value is -2.91. The van der Waals surface area contributed by atoms with Crippen LogP contribution in [0.4, 0.5) is 0 Å². The Morgan fingerprint density at radius 3 is 2.28 bits per heavy atom. The van der Waals surface area contributed by atoms with E-state index in [4.69, 9.17) is 21.1 Å². The average Bonchev–Trinajstić information content (AvgIpc) is 3.44. The molecular formula is C28H28ClNO2. The number of halogens is 1. The zero-order valence-corrected chi connectivity index (χ0v) is 19.1. The number of rotatable bonds is 7. The van der Waals surface area contributed by atoms with Gasteiger partial charge in [-0.15, -0.1) is 0 Å². The van der Waals surface area contributed by atoms with Gasteiger partial charge in [-0.3, -0.25) is 0 Å². The van der Waals surface area contributed by atoms with Gasteiger partial charge >= 0.3 is 0 Å². The van der Waals surface area contributed by atoms with Gasteiger partial charge in [0.25, 0.3) is 0 Å². The molecule has 0 atom stereocenters. The van der Waals surface area contributed by atoms with Crippen LogP contribution in [0, 0.1) is 5.92 Å². The van der Waals surface area contributed by atoms with Gasteiger partial charge in [-0.25, -0.2) is 0 Å². The topological polar surface area (TPSA) is 23.4 Å². The van der Waals surface area contributed by atoms with E-state index in [1.54, 1.807) is 7.11 Å². The highest BCUT2D eigenvalue weighted by Gasteiger charge is 2.18. The Morgan fingerprint density at radius 2 is 1.56 bits per heavy atom. The first-order valence-electron chi connectivity index (χ1n) is 11.4. The standard InChI is InChI=1S/C28H28ClNO2/c1-31-24-10-6-20(7-11-24)16-22-19-30(18-21-4-2-3-5-21)28-15-14-26(17-27(22)28)32-25-12-8-23(29)9-13-25/h6-15,17,19,21H,2-5,16,18H2,1H3. The Labute approximate surface area is 194 Å². The second kappa shape index (κ2) is 9.30. The largest absolute Gasteiger partial charge is 0.497 e. The summed E-state index contributed by atoms with van der Waals surface area (Å²) in [5.41, 5.74) is 3.88. The van der Waals surface area contributed by atoms with Crippen molar-refractivity contribution >= 4 is 22.5 Å². The summed E-state index contributed by atoms with van der Waals surface area (Å²) in [7, 11) is 1.70. The first-order chi connectivity index (χ1) is 15.7. The molecule has 1 aliphatic carbocycles. The average molecular weight is 446 g/mol. The number of aromatic nitrogens is 1. The minimum atomic E-state index is 0.707. The van der Waals surface area contributed by atoms with Gasteiger partial charge in [-0.05, 0) is 90.9 Å². The summed E-state index contributed by atoms with van der Waals surface area (Å²) in [6.45, 7) is 1.09. The summed E-state index contributed by atoms with van der Waals surface area (Å²) in [6.07, 6.45) is 8.63. The van der Waals surface area contributed by atoms with Crippen molar-refractivity contribution in [2.24, 2.45) is 5.92 Å². The molecule has 0 aliphatic heterocycles. The first kappa shape index (κ1) is 21.0. The van der Waals surface area contributed by atoms with Gasteiger partial charge in [-0.1, -0.05) is 36.6 Å². The van der Waals surface area contributed by atoms with Crippen LogP contribution in [0.3, 0.4) is 0 Å². The van der Waals surface area contributed by atoms with E-state index in [1.807, 2.05) is 36.4 Å². The van der Waals surface area contributed by atoms with Crippen LogP contribution in [-0.4, -0.2) is 11.7 Å². The predicted octanol–water partition coefficient (Wildman–Crippen LogP) is 7.88. The molecule has 1 heterocycles. The zero-order valence-electron chi connectivity index (χ0n) is 18.4. The van der Waals surface area contributed by atoms with Crippen molar-refractivity contribution < 1.29 is 9.47 Å². The van der Waals surface area contributed by atoms with Gasteiger partial charge in [0.05, 0.1) is 7.11 Å². The first-order valence-corrected chi connectivity index (χ1v) is 11.7. The van der Waals surface area contributed by atoms with Gasteiger partial charge in [0.1, 0.15) is 17.2 Å². The molecule has 5 rings (SSSR count). The third-order valence-corrected chi connectivity index (χ3v) is 6.72. The molecule has 0 radical (unpaired) electrons. The SMILES string of the molecule is COc1ccc(Cc2cn(CC3CCCC3)c3ccc(Oc4ccc(Cl)cc4)cc23)cc1. The number of ether oxygens (including phenoxy) is 2. The maximum Gasteiger partial charge on any atom is 0.128 e. The monoisotopic (exact) mass is 445 g/mol. The van der Waals surface area contributed by atoms with Gasteiger partial charge in [-0.2, -0.15) is 0 Å². The number of benzene rings is 3. The molecule has 0 amide bonds. The molecule has 1 fully saturated rings. The number of hydrogen-bond donors (Lipinski definition) is 0. The molecule has 0 unspecified atom stereocenters. The molecule has 1 aliphatic rings. The van der Waals surface area contributed by atoms with Crippen molar-refractivity contribution in [3.8, 4) is 17.2 Å².